The lowest BCUT2D eigenvalue weighted by atomic mass is 10.9. The molecule has 0 aliphatic carbocycles. The number of hydrogen-bond acceptors (Lipinski definition) is 16. The third kappa shape index (κ3) is 9.77. The van der Waals surface area contributed by atoms with E-state index in [2.05, 4.69) is 95.2 Å². The van der Waals surface area contributed by atoms with Crippen LogP contribution in [0.1, 0.15) is 0 Å². The molecule has 29 nitrogen and oxygen atoms in total. The number of nitrogens with two attached hydrogens (primary N) is 8. The van der Waals surface area contributed by atoms with Gasteiger partial charge >= 0.3 is 23.8 Å². The third-order valence-corrected chi connectivity index (χ3v) is 2.56. The van der Waals surface area contributed by atoms with Crippen LogP contribution >= 0.6 is 0 Å². The molecule has 0 saturated carbocycles. The number of rotatable bonds is 4. The number of nitrogen functional groups attached to an aromatic ring is 2. The largest absolute Gasteiger partial charge is 0.483 e. The maximum atomic E-state index is 10.3. The number of anilines is 2. The zero-order chi connectivity index (χ0) is 27.4. The lowest BCUT2D eigenvalue weighted by Gasteiger charge is -1.94. The average molecular weight is 530 g/mol. The molecule has 0 saturated heterocycles. The molecule has 0 aliphatic heterocycles. The summed E-state index contributed by atoms with van der Waals surface area (Å²) in [6.45, 7) is 0. The second kappa shape index (κ2) is 13.8. The molecule has 29 heteroatoms. The van der Waals surface area contributed by atoms with Crippen LogP contribution in [-0.2, 0) is 0 Å². The van der Waals surface area contributed by atoms with Gasteiger partial charge in [0, 0.05) is 0 Å². The average Bonchev–Trinajstić information content (AvgIpc) is 3.54. The first-order valence-electron chi connectivity index (χ1n) is 8.22. The van der Waals surface area contributed by atoms with Crippen molar-refractivity contribution in [3.8, 4) is 11.9 Å². The van der Waals surface area contributed by atoms with Crippen molar-refractivity contribution in [2.45, 2.75) is 0 Å². The molecule has 0 spiro atoms. The SMILES string of the molecule is NC(N)=[NH2+].NC(N)=[NH2+].Nc1nc([N+](=O)[O-])nn1-c1nnn[n-]1.Nc1nc([N+](=O)[O-])nn1-c1nnn[n-]1.O. The fraction of sp³-hybridized carbons (Fsp3) is 0. The van der Waals surface area contributed by atoms with E-state index in [1.54, 1.807) is 0 Å². The van der Waals surface area contributed by atoms with E-state index in [1.807, 2.05) is 0 Å². The van der Waals surface area contributed by atoms with Crippen LogP contribution < -0.4 is 55.4 Å². The molecule has 0 fully saturated rings. The Hall–Kier alpha value is -6.68. The molecule has 0 amide bonds. The summed E-state index contributed by atoms with van der Waals surface area (Å²) in [5.41, 5.74) is 29.0. The molecule has 4 rings (SSSR count). The Morgan fingerprint density at radius 1 is 0.757 bits per heavy atom. The van der Waals surface area contributed by atoms with Crippen LogP contribution in [0.25, 0.3) is 11.9 Å². The van der Waals surface area contributed by atoms with E-state index in [0.717, 1.165) is 9.36 Å². The lowest BCUT2D eigenvalue weighted by Crippen LogP contribution is -2.51. The van der Waals surface area contributed by atoms with Crippen molar-refractivity contribution in [3.05, 3.63) is 20.2 Å². The van der Waals surface area contributed by atoms with E-state index in [1.165, 1.54) is 0 Å². The van der Waals surface area contributed by atoms with Crippen LogP contribution in [0.4, 0.5) is 23.8 Å². The fourth-order valence-corrected chi connectivity index (χ4v) is 1.52. The molecule has 4 aromatic rings. The van der Waals surface area contributed by atoms with Crippen LogP contribution in [-0.4, -0.2) is 87.8 Å². The molecule has 0 bridgehead atoms. The molecule has 37 heavy (non-hydrogen) atoms. The van der Waals surface area contributed by atoms with Crippen LogP contribution in [0.2, 0.25) is 0 Å². The van der Waals surface area contributed by atoms with Gasteiger partial charge in [-0.3, -0.25) is 44.0 Å². The lowest BCUT2D eigenvalue weighted by molar-refractivity contribution is -0.394. The van der Waals surface area contributed by atoms with E-state index in [0.29, 0.717) is 0 Å². The van der Waals surface area contributed by atoms with Gasteiger partial charge in [0.25, 0.3) is 11.9 Å². The number of hydrogen-bond donors (Lipinski definition) is 8. The number of tetrazole rings is 2. The second-order valence-corrected chi connectivity index (χ2v) is 5.24. The first-order valence-corrected chi connectivity index (χ1v) is 8.22. The normalized spacial score (nSPS) is 9.08. The van der Waals surface area contributed by atoms with Crippen molar-refractivity contribution >= 4 is 35.7 Å². The van der Waals surface area contributed by atoms with Crippen LogP contribution in [0.5, 0.6) is 0 Å². The van der Waals surface area contributed by atoms with Gasteiger partial charge in [-0.05, 0) is 30.0 Å². The predicted octanol–water partition coefficient (Wildman–Crippen LogP) is -11.0. The molecule has 18 N–H and O–H groups in total. The van der Waals surface area contributed by atoms with Gasteiger partial charge in [0.1, 0.15) is 11.9 Å². The zero-order valence-corrected chi connectivity index (χ0v) is 17.9. The van der Waals surface area contributed by atoms with Crippen molar-refractivity contribution in [1.82, 2.24) is 70.8 Å². The van der Waals surface area contributed by atoms with E-state index in [-0.39, 0.29) is 41.2 Å². The van der Waals surface area contributed by atoms with Gasteiger partial charge in [0.05, 0.1) is 0 Å². The van der Waals surface area contributed by atoms with Crippen molar-refractivity contribution in [1.29, 1.82) is 0 Å². The Balaban J connectivity index is 0.000000535. The molecule has 4 heterocycles. The quantitative estimate of drug-likeness (QED) is 0.0525. The highest BCUT2D eigenvalue weighted by Gasteiger charge is 2.18. The van der Waals surface area contributed by atoms with Crippen molar-refractivity contribution in [2.75, 3.05) is 11.5 Å². The van der Waals surface area contributed by atoms with E-state index in [4.69, 9.17) is 11.5 Å². The van der Waals surface area contributed by atoms with Crippen LogP contribution in [0, 0.1) is 20.2 Å². The summed E-state index contributed by atoms with van der Waals surface area (Å²) in [5, 5.41) is 62.9. The summed E-state index contributed by atoms with van der Waals surface area (Å²) in [7, 11) is 0. The Morgan fingerprint density at radius 3 is 1.24 bits per heavy atom. The number of aromatic nitrogens is 14. The highest BCUT2D eigenvalue weighted by molar-refractivity contribution is 5.68. The van der Waals surface area contributed by atoms with Crippen molar-refractivity contribution in [3.63, 3.8) is 0 Å². The maximum absolute atomic E-state index is 10.3. The van der Waals surface area contributed by atoms with E-state index < -0.39 is 21.7 Å². The minimum absolute atomic E-state index is 0. The monoisotopic (exact) mass is 530 g/mol. The standard InChI is InChI=1S/2C3H2N9O2.2CH5N3.H2O/c2*4-1-5-2(12(13)14)8-11(1)3-6-9-10-7-3;2*2-1(3)4;/h2*(H2-,4,5,6,7,8,9,10);2*(H5,2,3,4);1H2/q2*-1;;;/p+2. The smallest absolute Gasteiger partial charge is 0.412 e. The molecule has 4 aromatic heterocycles. The maximum Gasteiger partial charge on any atom is 0.483 e. The minimum Gasteiger partial charge on any atom is -0.412 e. The Labute approximate surface area is 200 Å². The third-order valence-electron chi connectivity index (χ3n) is 2.56. The van der Waals surface area contributed by atoms with Crippen LogP contribution in [0.3, 0.4) is 0 Å². The van der Waals surface area contributed by atoms with Crippen molar-refractivity contribution < 1.29 is 26.1 Å². The first-order chi connectivity index (χ1) is 16.8. The van der Waals surface area contributed by atoms with Gasteiger partial charge in [0.2, 0.25) is 0 Å². The van der Waals surface area contributed by atoms with Gasteiger partial charge in [-0.1, -0.05) is 0 Å². The summed E-state index contributed by atoms with van der Waals surface area (Å²) in [5.74, 6) is -1.97. The Kier molecular flexibility index (Phi) is 11.3. The Morgan fingerprint density at radius 2 is 1.05 bits per heavy atom. The van der Waals surface area contributed by atoms with Gasteiger partial charge in [-0.25, -0.2) is 10.2 Å². The van der Waals surface area contributed by atoms with E-state index >= 15 is 0 Å². The number of nitro groups is 2. The molecular formula is C8H18N24O5. The topological polar surface area (TPSA) is 492 Å². The predicted molar refractivity (Wildman–Crippen MR) is 112 cm³/mol. The number of nitrogens with zero attached hydrogens (tertiary/aromatic N) is 16. The minimum atomic E-state index is -0.781. The molecule has 0 unspecified atom stereocenters. The van der Waals surface area contributed by atoms with Crippen molar-refractivity contribution in [2.24, 2.45) is 22.9 Å². The molecule has 0 aromatic carbocycles. The highest BCUT2D eigenvalue weighted by atomic mass is 16.6. The Bertz CT molecular complexity index is 1180. The summed E-state index contributed by atoms with van der Waals surface area (Å²) in [4.78, 5) is 25.7. The zero-order valence-electron chi connectivity index (χ0n) is 17.9. The molecule has 0 atom stereocenters. The van der Waals surface area contributed by atoms with E-state index in [9.17, 15) is 20.2 Å². The summed E-state index contributed by atoms with van der Waals surface area (Å²) >= 11 is 0. The van der Waals surface area contributed by atoms with Crippen LogP contribution in [0.15, 0.2) is 0 Å². The van der Waals surface area contributed by atoms with Gasteiger partial charge < -0.3 is 37.2 Å². The molecular weight excluding hydrogens is 512 g/mol. The van der Waals surface area contributed by atoms with Gasteiger partial charge in [-0.2, -0.15) is 19.8 Å². The molecule has 200 valence electrons. The fourth-order valence-electron chi connectivity index (χ4n) is 1.52. The first kappa shape index (κ1) is 30.3. The summed E-state index contributed by atoms with van der Waals surface area (Å²) in [6.07, 6.45) is 0. The summed E-state index contributed by atoms with van der Waals surface area (Å²) in [6, 6.07) is 0. The highest BCUT2D eigenvalue weighted by Crippen LogP contribution is 2.10. The van der Waals surface area contributed by atoms with Gasteiger partial charge in [-0.15, -0.1) is 10.4 Å². The molecule has 0 radical (unpaired) electrons. The van der Waals surface area contributed by atoms with Gasteiger partial charge in [0.15, 0.2) is 0 Å². The second-order valence-electron chi connectivity index (χ2n) is 5.24. The summed E-state index contributed by atoms with van der Waals surface area (Å²) < 4.78 is 1.75. The molecule has 0 aliphatic rings. The number of guanidine groups is 2.